The van der Waals surface area contributed by atoms with Gasteiger partial charge in [-0.25, -0.2) is 0 Å². The highest BCUT2D eigenvalue weighted by Gasteiger charge is 2.37. The number of ketones is 1. The van der Waals surface area contributed by atoms with E-state index in [1.807, 2.05) is 24.3 Å². The summed E-state index contributed by atoms with van der Waals surface area (Å²) >= 11 is 0. The normalized spacial score (nSPS) is 17.6. The number of Topliss-reactive ketones (excluding diaryl/α,β-unsaturated/α-hetero) is 1. The molecule has 2 aliphatic rings. The van der Waals surface area contributed by atoms with Crippen LogP contribution in [-0.4, -0.2) is 32.1 Å². The van der Waals surface area contributed by atoms with Crippen LogP contribution < -0.4 is 19.5 Å². The van der Waals surface area contributed by atoms with Crippen molar-refractivity contribution in [2.45, 2.75) is 25.2 Å². The zero-order valence-corrected chi connectivity index (χ0v) is 17.8. The van der Waals surface area contributed by atoms with Gasteiger partial charge in [-0.2, -0.15) is 0 Å². The number of methoxy groups -OCH3 is 3. The number of allylic oxidation sites excluding steroid dienone is 2. The van der Waals surface area contributed by atoms with Crippen molar-refractivity contribution in [3.05, 3.63) is 65.0 Å². The lowest BCUT2D eigenvalue weighted by atomic mass is 9.74. The van der Waals surface area contributed by atoms with Gasteiger partial charge >= 0.3 is 0 Å². The number of carbonyl (C=O) groups is 1. The molecular weight excluding hydrogens is 392 g/mol. The third-order valence-electron chi connectivity index (χ3n) is 6.17. The number of carbonyl (C=O) groups excluding carboxylic acids is 1. The monoisotopic (exact) mass is 416 g/mol. The second-order valence-corrected chi connectivity index (χ2v) is 7.78. The maximum Gasteiger partial charge on any atom is 0.203 e. The van der Waals surface area contributed by atoms with E-state index in [2.05, 4.69) is 22.4 Å². The van der Waals surface area contributed by atoms with Crippen molar-refractivity contribution < 1.29 is 19.0 Å². The molecule has 6 heteroatoms. The van der Waals surface area contributed by atoms with Gasteiger partial charge in [-0.15, -0.1) is 0 Å². The Morgan fingerprint density at radius 1 is 1.00 bits per heavy atom. The summed E-state index contributed by atoms with van der Waals surface area (Å²) in [5, 5.41) is 4.57. The molecule has 0 amide bonds. The largest absolute Gasteiger partial charge is 0.493 e. The van der Waals surface area contributed by atoms with Gasteiger partial charge in [-0.05, 0) is 54.3 Å². The number of rotatable bonds is 4. The fourth-order valence-corrected chi connectivity index (χ4v) is 4.83. The molecule has 2 heterocycles. The number of hydrogen-bond donors (Lipinski definition) is 1. The van der Waals surface area contributed by atoms with Crippen LogP contribution in [0.1, 0.15) is 36.3 Å². The standard InChI is InChI=1S/C25H24N2O4/c1-29-20-12-14(13-21(30-2)25(20)31-3)22-23-15-6-5-11-26-16(15)9-10-18(23)27-17-7-4-8-19(28)24(17)22/h5-6,9-13,22,27H,4,7-8H2,1-3H3/t22-/m1/s1. The molecule has 5 rings (SSSR count). The number of nitrogens with one attached hydrogen (secondary N) is 1. The Kier molecular flexibility index (Phi) is 4.77. The first-order valence-electron chi connectivity index (χ1n) is 10.4. The Balaban J connectivity index is 1.83. The summed E-state index contributed by atoms with van der Waals surface area (Å²) in [5.41, 5.74) is 5.71. The van der Waals surface area contributed by atoms with Crippen molar-refractivity contribution >= 4 is 22.4 Å². The van der Waals surface area contributed by atoms with Crippen LogP contribution >= 0.6 is 0 Å². The number of benzene rings is 2. The quantitative estimate of drug-likeness (QED) is 0.657. The first kappa shape index (κ1) is 19.4. The van der Waals surface area contributed by atoms with Crippen LogP contribution in [0, 0.1) is 0 Å². The van der Waals surface area contributed by atoms with E-state index in [4.69, 9.17) is 14.2 Å². The molecule has 1 aliphatic carbocycles. The van der Waals surface area contributed by atoms with Crippen LogP contribution in [0.15, 0.2) is 53.9 Å². The fourth-order valence-electron chi connectivity index (χ4n) is 4.83. The Morgan fingerprint density at radius 2 is 1.77 bits per heavy atom. The van der Waals surface area contributed by atoms with Crippen LogP contribution in [-0.2, 0) is 4.79 Å². The highest BCUT2D eigenvalue weighted by atomic mass is 16.5. The van der Waals surface area contributed by atoms with E-state index in [0.717, 1.165) is 51.8 Å². The Labute approximate surface area is 180 Å². The predicted molar refractivity (Wildman–Crippen MR) is 119 cm³/mol. The third kappa shape index (κ3) is 3.02. The molecule has 1 atom stereocenters. The van der Waals surface area contributed by atoms with Crippen molar-refractivity contribution in [2.75, 3.05) is 26.6 Å². The van der Waals surface area contributed by atoms with Gasteiger partial charge in [0.1, 0.15) is 0 Å². The Bertz CT molecular complexity index is 1210. The van der Waals surface area contributed by atoms with Gasteiger partial charge in [0.15, 0.2) is 17.3 Å². The van der Waals surface area contributed by atoms with Crippen LogP contribution in [0.4, 0.5) is 5.69 Å². The van der Waals surface area contributed by atoms with Crippen LogP contribution in [0.2, 0.25) is 0 Å². The molecule has 0 saturated carbocycles. The predicted octanol–water partition coefficient (Wildman–Crippen LogP) is 4.83. The molecule has 6 nitrogen and oxygen atoms in total. The molecule has 0 radical (unpaired) electrons. The Hall–Kier alpha value is -3.54. The smallest absolute Gasteiger partial charge is 0.203 e. The molecule has 0 saturated heterocycles. The number of fused-ring (bicyclic) bond motifs is 3. The molecule has 1 aromatic heterocycles. The van der Waals surface area contributed by atoms with E-state index in [0.29, 0.717) is 23.7 Å². The number of anilines is 1. The lowest BCUT2D eigenvalue weighted by molar-refractivity contribution is -0.116. The highest BCUT2D eigenvalue weighted by molar-refractivity contribution is 6.03. The van der Waals surface area contributed by atoms with Gasteiger partial charge in [0.05, 0.1) is 26.8 Å². The zero-order chi connectivity index (χ0) is 21.5. The van der Waals surface area contributed by atoms with Gasteiger partial charge in [-0.1, -0.05) is 6.07 Å². The van der Waals surface area contributed by atoms with Gasteiger partial charge < -0.3 is 19.5 Å². The minimum atomic E-state index is -0.249. The fraction of sp³-hybridized carbons (Fsp3) is 0.280. The summed E-state index contributed by atoms with van der Waals surface area (Å²) in [5.74, 6) is 1.60. The first-order valence-corrected chi connectivity index (χ1v) is 10.4. The van der Waals surface area contributed by atoms with Gasteiger partial charge in [0.2, 0.25) is 5.75 Å². The summed E-state index contributed by atoms with van der Waals surface area (Å²) in [6, 6.07) is 12.0. The van der Waals surface area contributed by atoms with E-state index < -0.39 is 0 Å². The first-order chi connectivity index (χ1) is 15.2. The van der Waals surface area contributed by atoms with E-state index in [-0.39, 0.29) is 11.7 Å². The lowest BCUT2D eigenvalue weighted by Gasteiger charge is -2.35. The number of nitrogens with zero attached hydrogens (tertiary/aromatic N) is 1. The van der Waals surface area contributed by atoms with Crippen LogP contribution in [0.3, 0.4) is 0 Å². The van der Waals surface area contributed by atoms with Gasteiger partial charge in [-0.3, -0.25) is 9.78 Å². The molecule has 0 bridgehead atoms. The van der Waals surface area contributed by atoms with E-state index in [9.17, 15) is 4.79 Å². The van der Waals surface area contributed by atoms with Crippen molar-refractivity contribution in [3.8, 4) is 17.2 Å². The highest BCUT2D eigenvalue weighted by Crippen LogP contribution is 2.50. The molecule has 2 aromatic carbocycles. The van der Waals surface area contributed by atoms with Crippen LogP contribution in [0.5, 0.6) is 17.2 Å². The number of ether oxygens (including phenoxy) is 3. The molecule has 3 aromatic rings. The van der Waals surface area contributed by atoms with Crippen molar-refractivity contribution in [2.24, 2.45) is 0 Å². The zero-order valence-electron chi connectivity index (χ0n) is 17.8. The SMILES string of the molecule is COc1cc([C@H]2C3=C(CCCC3=O)Nc3ccc4ncccc4c32)cc(OC)c1OC. The second kappa shape index (κ2) is 7.61. The molecule has 0 fully saturated rings. The average Bonchev–Trinajstić information content (AvgIpc) is 2.81. The maximum atomic E-state index is 13.2. The number of pyridine rings is 1. The van der Waals surface area contributed by atoms with Crippen molar-refractivity contribution in [3.63, 3.8) is 0 Å². The van der Waals surface area contributed by atoms with E-state index in [1.54, 1.807) is 27.5 Å². The van der Waals surface area contributed by atoms with Crippen molar-refractivity contribution in [1.82, 2.24) is 4.98 Å². The topological polar surface area (TPSA) is 69.7 Å². The van der Waals surface area contributed by atoms with Gasteiger partial charge in [0.25, 0.3) is 0 Å². The van der Waals surface area contributed by atoms with Crippen molar-refractivity contribution in [1.29, 1.82) is 0 Å². The average molecular weight is 416 g/mol. The number of hydrogen-bond acceptors (Lipinski definition) is 6. The van der Waals surface area contributed by atoms with E-state index >= 15 is 0 Å². The van der Waals surface area contributed by atoms with E-state index in [1.165, 1.54) is 0 Å². The molecule has 1 aliphatic heterocycles. The summed E-state index contributed by atoms with van der Waals surface area (Å²) in [4.78, 5) is 17.7. The lowest BCUT2D eigenvalue weighted by Crippen LogP contribution is -2.27. The Morgan fingerprint density at radius 3 is 2.48 bits per heavy atom. The molecule has 158 valence electrons. The molecular formula is C25H24N2O4. The maximum absolute atomic E-state index is 13.2. The van der Waals surface area contributed by atoms with Crippen LogP contribution in [0.25, 0.3) is 10.9 Å². The summed E-state index contributed by atoms with van der Waals surface area (Å²) in [6.45, 7) is 0. The van der Waals surface area contributed by atoms with Gasteiger partial charge in [0, 0.05) is 40.9 Å². The molecule has 1 N–H and O–H groups in total. The summed E-state index contributed by atoms with van der Waals surface area (Å²) in [7, 11) is 4.80. The minimum absolute atomic E-state index is 0.180. The minimum Gasteiger partial charge on any atom is -0.493 e. The summed E-state index contributed by atoms with van der Waals surface area (Å²) in [6.07, 6.45) is 4.05. The number of aromatic nitrogens is 1. The summed E-state index contributed by atoms with van der Waals surface area (Å²) < 4.78 is 16.7. The molecule has 0 unspecified atom stereocenters. The molecule has 31 heavy (non-hydrogen) atoms. The second-order valence-electron chi connectivity index (χ2n) is 7.78. The molecule has 0 spiro atoms. The third-order valence-corrected chi connectivity index (χ3v) is 6.17.